The van der Waals surface area contributed by atoms with Crippen LogP contribution in [0.2, 0.25) is 0 Å². The molecular formula is C23H29NO5. The van der Waals surface area contributed by atoms with Gasteiger partial charge in [-0.15, -0.1) is 0 Å². The highest BCUT2D eigenvalue weighted by Crippen LogP contribution is 2.38. The van der Waals surface area contributed by atoms with Crippen LogP contribution in [0.1, 0.15) is 25.0 Å². The Balaban J connectivity index is 1.53. The van der Waals surface area contributed by atoms with Gasteiger partial charge in [0.25, 0.3) is 0 Å². The number of ether oxygens (including phenoxy) is 3. The molecule has 6 nitrogen and oxygen atoms in total. The zero-order valence-electron chi connectivity index (χ0n) is 16.9. The van der Waals surface area contributed by atoms with Crippen LogP contribution in [0, 0.1) is 0 Å². The summed E-state index contributed by atoms with van der Waals surface area (Å²) in [6, 6.07) is 20.1. The second-order valence-corrected chi connectivity index (χ2v) is 8.36. The molecule has 2 heterocycles. The summed E-state index contributed by atoms with van der Waals surface area (Å²) in [4.78, 5) is 2.08. The predicted octanol–water partition coefficient (Wildman–Crippen LogP) is 2.29. The molecule has 2 saturated heterocycles. The highest BCUT2D eigenvalue weighted by atomic mass is 16.8. The van der Waals surface area contributed by atoms with Crippen LogP contribution >= 0.6 is 0 Å². The molecule has 0 amide bonds. The summed E-state index contributed by atoms with van der Waals surface area (Å²) in [5.74, 6) is -2.55. The SMILES string of the molecule is CC1(C)O[C@@H]2[C@@H](COC(O)(CN(Cc3ccccc3)Cc3ccccc3)[C@H]2O)O1. The molecule has 2 aliphatic heterocycles. The maximum atomic E-state index is 11.2. The fourth-order valence-electron chi connectivity index (χ4n) is 4.14. The van der Waals surface area contributed by atoms with E-state index in [1.54, 1.807) is 13.8 Å². The highest BCUT2D eigenvalue weighted by Gasteiger charge is 2.56. The smallest absolute Gasteiger partial charge is 0.207 e. The molecule has 29 heavy (non-hydrogen) atoms. The van der Waals surface area contributed by atoms with Crippen LogP contribution in [0.4, 0.5) is 0 Å². The molecule has 2 N–H and O–H groups in total. The van der Waals surface area contributed by atoms with E-state index in [4.69, 9.17) is 14.2 Å². The molecule has 1 unspecified atom stereocenters. The number of benzene rings is 2. The first-order valence-electron chi connectivity index (χ1n) is 10.0. The van der Waals surface area contributed by atoms with Crippen LogP contribution in [0.5, 0.6) is 0 Å². The molecule has 0 aliphatic carbocycles. The molecule has 2 aromatic rings. The third-order valence-corrected chi connectivity index (χ3v) is 5.44. The van der Waals surface area contributed by atoms with Gasteiger partial charge in [-0.2, -0.15) is 0 Å². The van der Waals surface area contributed by atoms with Crippen molar-refractivity contribution in [3.05, 3.63) is 71.8 Å². The van der Waals surface area contributed by atoms with Gasteiger partial charge in [-0.05, 0) is 25.0 Å². The van der Waals surface area contributed by atoms with Crippen molar-refractivity contribution in [1.29, 1.82) is 0 Å². The second kappa shape index (κ2) is 8.14. The highest BCUT2D eigenvalue weighted by molar-refractivity contribution is 5.17. The average molecular weight is 399 g/mol. The molecule has 6 heteroatoms. The van der Waals surface area contributed by atoms with E-state index in [1.165, 1.54) is 0 Å². The molecule has 156 valence electrons. The monoisotopic (exact) mass is 399 g/mol. The van der Waals surface area contributed by atoms with E-state index < -0.39 is 29.9 Å². The van der Waals surface area contributed by atoms with Gasteiger partial charge in [0.05, 0.1) is 13.2 Å². The lowest BCUT2D eigenvalue weighted by Crippen LogP contribution is -2.63. The van der Waals surface area contributed by atoms with Crippen molar-refractivity contribution in [2.45, 2.75) is 56.8 Å². The largest absolute Gasteiger partial charge is 0.385 e. The van der Waals surface area contributed by atoms with Crippen molar-refractivity contribution in [1.82, 2.24) is 4.90 Å². The Morgan fingerprint density at radius 3 is 2.03 bits per heavy atom. The Morgan fingerprint density at radius 1 is 0.931 bits per heavy atom. The second-order valence-electron chi connectivity index (χ2n) is 8.36. The van der Waals surface area contributed by atoms with Crippen LogP contribution in [-0.4, -0.2) is 58.2 Å². The fourth-order valence-corrected chi connectivity index (χ4v) is 4.14. The van der Waals surface area contributed by atoms with Crippen LogP contribution in [0.25, 0.3) is 0 Å². The van der Waals surface area contributed by atoms with Gasteiger partial charge in [0, 0.05) is 13.1 Å². The Bertz CT molecular complexity index is 758. The molecule has 4 atom stereocenters. The summed E-state index contributed by atoms with van der Waals surface area (Å²) in [7, 11) is 0. The van der Waals surface area contributed by atoms with Gasteiger partial charge in [-0.1, -0.05) is 60.7 Å². The lowest BCUT2D eigenvalue weighted by molar-refractivity contribution is -0.312. The van der Waals surface area contributed by atoms with E-state index >= 15 is 0 Å². The number of nitrogens with zero attached hydrogens (tertiary/aromatic N) is 1. The number of fused-ring (bicyclic) bond motifs is 1. The van der Waals surface area contributed by atoms with Gasteiger partial charge in [0.15, 0.2) is 5.79 Å². The van der Waals surface area contributed by atoms with E-state index in [9.17, 15) is 10.2 Å². The maximum absolute atomic E-state index is 11.2. The van der Waals surface area contributed by atoms with Crippen molar-refractivity contribution in [2.24, 2.45) is 0 Å². The molecule has 4 rings (SSSR count). The standard InChI is InChI=1S/C23H29NO5/c1-22(2)28-19-15-27-23(26,21(25)20(19)29-22)16-24(13-17-9-5-3-6-10-17)14-18-11-7-4-8-12-18/h3-12,19-21,25-26H,13-16H2,1-2H3/t19-,20-,21+,23?/m1/s1. The van der Waals surface area contributed by atoms with Gasteiger partial charge in [-0.25, -0.2) is 0 Å². The Labute approximate surface area is 171 Å². The molecule has 0 bridgehead atoms. The summed E-state index contributed by atoms with van der Waals surface area (Å²) in [6.07, 6.45) is -2.23. The molecular weight excluding hydrogens is 370 g/mol. The van der Waals surface area contributed by atoms with E-state index in [0.29, 0.717) is 13.1 Å². The number of aliphatic hydroxyl groups excluding tert-OH is 1. The number of aliphatic hydroxyl groups is 2. The van der Waals surface area contributed by atoms with Crippen molar-refractivity contribution in [3.8, 4) is 0 Å². The molecule has 0 saturated carbocycles. The van der Waals surface area contributed by atoms with Crippen LogP contribution in [0.15, 0.2) is 60.7 Å². The minimum absolute atomic E-state index is 0.144. The Hall–Kier alpha value is -1.80. The van der Waals surface area contributed by atoms with Gasteiger partial charge in [0.2, 0.25) is 5.79 Å². The third-order valence-electron chi connectivity index (χ3n) is 5.44. The van der Waals surface area contributed by atoms with E-state index in [0.717, 1.165) is 11.1 Å². The number of hydrogen-bond donors (Lipinski definition) is 2. The number of hydrogen-bond acceptors (Lipinski definition) is 6. The van der Waals surface area contributed by atoms with Crippen molar-refractivity contribution in [3.63, 3.8) is 0 Å². The molecule has 2 aromatic carbocycles. The quantitative estimate of drug-likeness (QED) is 0.777. The van der Waals surface area contributed by atoms with Gasteiger partial charge in [0.1, 0.15) is 18.3 Å². The van der Waals surface area contributed by atoms with E-state index in [-0.39, 0.29) is 13.2 Å². The first kappa shape index (κ1) is 20.5. The van der Waals surface area contributed by atoms with Crippen LogP contribution < -0.4 is 0 Å². The van der Waals surface area contributed by atoms with Crippen molar-refractivity contribution < 1.29 is 24.4 Å². The Morgan fingerprint density at radius 2 is 1.48 bits per heavy atom. The van der Waals surface area contributed by atoms with Gasteiger partial charge >= 0.3 is 0 Å². The predicted molar refractivity (Wildman–Crippen MR) is 108 cm³/mol. The molecule has 0 aromatic heterocycles. The van der Waals surface area contributed by atoms with Crippen LogP contribution in [0.3, 0.4) is 0 Å². The summed E-state index contributed by atoms with van der Waals surface area (Å²) in [5, 5.41) is 22.1. The first-order chi connectivity index (χ1) is 13.8. The van der Waals surface area contributed by atoms with Crippen molar-refractivity contribution >= 4 is 0 Å². The average Bonchev–Trinajstić information content (AvgIpc) is 3.02. The minimum atomic E-state index is -1.74. The van der Waals surface area contributed by atoms with Gasteiger partial charge in [-0.3, -0.25) is 4.90 Å². The first-order valence-corrected chi connectivity index (χ1v) is 10.0. The van der Waals surface area contributed by atoms with E-state index in [2.05, 4.69) is 4.90 Å². The van der Waals surface area contributed by atoms with E-state index in [1.807, 2.05) is 60.7 Å². The van der Waals surface area contributed by atoms with Crippen LogP contribution in [-0.2, 0) is 27.3 Å². The topological polar surface area (TPSA) is 71.4 Å². The third kappa shape index (κ3) is 4.69. The zero-order valence-corrected chi connectivity index (χ0v) is 16.9. The van der Waals surface area contributed by atoms with Crippen molar-refractivity contribution in [2.75, 3.05) is 13.2 Å². The zero-order chi connectivity index (χ0) is 20.5. The minimum Gasteiger partial charge on any atom is -0.385 e. The normalized spacial score (nSPS) is 31.0. The Kier molecular flexibility index (Phi) is 5.75. The molecule has 2 fully saturated rings. The number of rotatable bonds is 6. The fraction of sp³-hybridized carbons (Fsp3) is 0.478. The summed E-state index contributed by atoms with van der Waals surface area (Å²) in [6.45, 7) is 5.15. The summed E-state index contributed by atoms with van der Waals surface area (Å²) >= 11 is 0. The summed E-state index contributed by atoms with van der Waals surface area (Å²) in [5.41, 5.74) is 2.24. The molecule has 0 radical (unpaired) electrons. The summed E-state index contributed by atoms with van der Waals surface area (Å²) < 4.78 is 17.4. The van der Waals surface area contributed by atoms with Gasteiger partial charge < -0.3 is 24.4 Å². The molecule has 2 aliphatic rings. The molecule has 0 spiro atoms. The lowest BCUT2D eigenvalue weighted by Gasteiger charge is -2.43. The lowest BCUT2D eigenvalue weighted by atomic mass is 9.96. The maximum Gasteiger partial charge on any atom is 0.207 e.